The van der Waals surface area contributed by atoms with E-state index in [0.29, 0.717) is 24.8 Å². The third-order valence-electron chi connectivity index (χ3n) is 11.7. The first-order valence-electron chi connectivity index (χ1n) is 15.5. The van der Waals surface area contributed by atoms with Crippen molar-refractivity contribution in [3.63, 3.8) is 0 Å². The molecule has 0 spiro atoms. The minimum atomic E-state index is -2.11. The number of aliphatic hydroxyl groups excluding tert-OH is 2. The molecule has 3 saturated carbocycles. The van der Waals surface area contributed by atoms with Gasteiger partial charge in [-0.1, -0.05) is 48.7 Å². The summed E-state index contributed by atoms with van der Waals surface area (Å²) in [6, 6.07) is 3.94. The summed E-state index contributed by atoms with van der Waals surface area (Å²) in [5, 5.41) is 48.6. The second kappa shape index (κ2) is 12.1. The van der Waals surface area contributed by atoms with Gasteiger partial charge in [0.15, 0.2) is 22.1 Å². The van der Waals surface area contributed by atoms with Gasteiger partial charge in [0.2, 0.25) is 0 Å². The van der Waals surface area contributed by atoms with Gasteiger partial charge in [0, 0.05) is 35.3 Å². The first-order valence-corrected chi connectivity index (χ1v) is 16.4. The Hall–Kier alpha value is -2.70. The van der Waals surface area contributed by atoms with Crippen LogP contribution in [0.2, 0.25) is 0 Å². The number of halogens is 3. The number of carbonyl (C=O) groups is 3. The van der Waals surface area contributed by atoms with Crippen molar-refractivity contribution in [2.45, 2.75) is 93.7 Å². The number of ketones is 2. The molecular formula is C33H39Cl2FN2O8. The molecule has 4 aliphatic rings. The largest absolute Gasteiger partial charge is 0.390 e. The predicted molar refractivity (Wildman–Crippen MR) is 168 cm³/mol. The lowest BCUT2D eigenvalue weighted by Crippen LogP contribution is -2.69. The number of hydrogen-bond acceptors (Lipinski definition) is 8. The third-order valence-corrected chi connectivity index (χ3v) is 12.1. The molecule has 0 radical (unpaired) electrons. The van der Waals surface area contributed by atoms with Gasteiger partial charge in [0.1, 0.15) is 5.60 Å². The van der Waals surface area contributed by atoms with Crippen LogP contribution in [-0.4, -0.2) is 66.0 Å². The summed E-state index contributed by atoms with van der Waals surface area (Å²) in [6.07, 6.45) is 1.90. The zero-order valence-electron chi connectivity index (χ0n) is 25.8. The summed E-state index contributed by atoms with van der Waals surface area (Å²) in [6.45, 7) is 5.16. The van der Waals surface area contributed by atoms with Gasteiger partial charge >= 0.3 is 0 Å². The van der Waals surface area contributed by atoms with Crippen molar-refractivity contribution < 1.29 is 39.0 Å². The maximum Gasteiger partial charge on any atom is 0.269 e. The summed E-state index contributed by atoms with van der Waals surface area (Å²) in [5.41, 5.74) is -5.80. The number of alkyl halides is 3. The highest BCUT2D eigenvalue weighted by Gasteiger charge is 2.75. The highest BCUT2D eigenvalue weighted by molar-refractivity contribution is 6.53. The fraction of sp³-hybridized carbons (Fsp3) is 0.606. The molecule has 1 aromatic rings. The van der Waals surface area contributed by atoms with Crippen LogP contribution < -0.4 is 5.32 Å². The minimum absolute atomic E-state index is 0.150. The average Bonchev–Trinajstić information content (AvgIpc) is 3.21. The number of non-ortho nitro benzene ring substituents is 1. The third kappa shape index (κ3) is 5.13. The Kier molecular flexibility index (Phi) is 9.09. The average molecular weight is 682 g/mol. The maximum absolute atomic E-state index is 17.5. The number of nitrogens with zero attached hydrogens (tertiary/aromatic N) is 1. The van der Waals surface area contributed by atoms with Crippen molar-refractivity contribution in [1.82, 2.24) is 5.32 Å². The van der Waals surface area contributed by atoms with Crippen LogP contribution in [0.25, 0.3) is 0 Å². The number of benzene rings is 1. The molecule has 46 heavy (non-hydrogen) atoms. The van der Waals surface area contributed by atoms with Crippen LogP contribution in [0.1, 0.15) is 71.0 Å². The Bertz CT molecular complexity index is 1500. The lowest BCUT2D eigenvalue weighted by molar-refractivity contribution is -0.384. The maximum atomic E-state index is 17.5. The molecule has 3 fully saturated rings. The van der Waals surface area contributed by atoms with Crippen molar-refractivity contribution in [2.24, 2.45) is 28.6 Å². The van der Waals surface area contributed by atoms with Crippen LogP contribution in [0.5, 0.6) is 0 Å². The Morgan fingerprint density at radius 2 is 1.85 bits per heavy atom. The zero-order chi connectivity index (χ0) is 34.0. The van der Waals surface area contributed by atoms with Crippen LogP contribution in [0.3, 0.4) is 0 Å². The molecule has 0 aliphatic heterocycles. The number of carbonyl (C=O) groups excluding carboxylic acids is 3. The molecule has 4 aliphatic carbocycles. The second-order valence-electron chi connectivity index (χ2n) is 13.8. The Morgan fingerprint density at radius 1 is 1.20 bits per heavy atom. The molecule has 0 heterocycles. The van der Waals surface area contributed by atoms with E-state index in [-0.39, 0.29) is 36.3 Å². The summed E-state index contributed by atoms with van der Waals surface area (Å²) >= 11 is 11.5. The van der Waals surface area contributed by atoms with Gasteiger partial charge in [-0.15, -0.1) is 0 Å². The molecule has 5 rings (SSSR count). The van der Waals surface area contributed by atoms with Crippen LogP contribution >= 0.6 is 23.2 Å². The normalized spacial score (nSPS) is 37.9. The molecule has 250 valence electrons. The summed E-state index contributed by atoms with van der Waals surface area (Å²) in [5.74, 6) is -3.36. The van der Waals surface area contributed by atoms with Crippen LogP contribution in [0, 0.1) is 38.7 Å². The number of nitro benzene ring substituents is 1. The van der Waals surface area contributed by atoms with Gasteiger partial charge in [-0.05, 0) is 80.7 Å². The fourth-order valence-electron chi connectivity index (χ4n) is 9.20. The van der Waals surface area contributed by atoms with E-state index in [4.69, 9.17) is 23.2 Å². The van der Waals surface area contributed by atoms with Gasteiger partial charge in [0.05, 0.1) is 23.2 Å². The first kappa shape index (κ1) is 34.6. The summed E-state index contributed by atoms with van der Waals surface area (Å²) in [4.78, 5) is 47.6. The molecule has 13 heteroatoms. The number of aliphatic hydroxyl groups is 3. The molecule has 10 atom stereocenters. The number of allylic oxidation sites excluding steroid dienone is 4. The van der Waals surface area contributed by atoms with Crippen molar-refractivity contribution >= 4 is 46.4 Å². The number of Topliss-reactive ketones (excluding diaryl/α,β-unsaturated/α-hetero) is 1. The Balaban J connectivity index is 1.40. The Labute approximate surface area is 276 Å². The number of amides is 1. The molecule has 0 unspecified atom stereocenters. The van der Waals surface area contributed by atoms with E-state index in [1.54, 1.807) is 26.8 Å². The smallest absolute Gasteiger partial charge is 0.269 e. The molecule has 0 aromatic heterocycles. The van der Waals surface area contributed by atoms with Gasteiger partial charge in [-0.3, -0.25) is 24.5 Å². The van der Waals surface area contributed by atoms with Crippen LogP contribution in [0.4, 0.5) is 10.1 Å². The number of rotatable bonds is 9. The van der Waals surface area contributed by atoms with Gasteiger partial charge in [-0.25, -0.2) is 4.39 Å². The van der Waals surface area contributed by atoms with E-state index in [2.05, 4.69) is 5.32 Å². The lowest BCUT2D eigenvalue weighted by atomic mass is 9.44. The number of hydrogen-bond donors (Lipinski definition) is 4. The lowest BCUT2D eigenvalue weighted by Gasteiger charge is -2.62. The van der Waals surface area contributed by atoms with E-state index in [9.17, 15) is 39.8 Å². The van der Waals surface area contributed by atoms with Gasteiger partial charge in [-0.2, -0.15) is 0 Å². The van der Waals surface area contributed by atoms with E-state index in [1.165, 1.54) is 36.4 Å². The highest BCUT2D eigenvalue weighted by atomic mass is 35.5. The zero-order valence-corrected chi connectivity index (χ0v) is 27.3. The fourth-order valence-corrected chi connectivity index (χ4v) is 9.32. The van der Waals surface area contributed by atoms with E-state index in [0.717, 1.165) is 0 Å². The van der Waals surface area contributed by atoms with Crippen LogP contribution in [-0.2, 0) is 14.4 Å². The van der Waals surface area contributed by atoms with E-state index in [1.807, 2.05) is 0 Å². The monoisotopic (exact) mass is 680 g/mol. The number of nitrogens with one attached hydrogen (secondary N) is 1. The summed E-state index contributed by atoms with van der Waals surface area (Å²) in [7, 11) is 0. The van der Waals surface area contributed by atoms with Crippen molar-refractivity contribution in [3.8, 4) is 0 Å². The SMILES string of the molecule is C[C@H]1C[C@H]2[C@@H]3CCC4=CC(=O)C=C[C@]4(C)[C@@]3(F)[C@@H](O)C[C@]2(C)[C@@]1(O)C(=O)CC[C@@H](NC(=O)C(Cl)Cl)[C@H](O)c1ccc([N+](=O)[O-])cc1. The standard InChI is InChI=1S/C33H39Cl2FN2O8/c1-17-14-23-22-9-6-19-15-21(39)12-13-30(19,2)32(22,36)26(41)16-31(23,3)33(17,44)25(40)11-10-24(37-29(43)28(34)35)27(42)18-4-7-20(8-5-18)38(45)46/h4-5,7-8,12-13,15,17,22-24,26-28,41-42,44H,6,9-11,14,16H2,1-3H3,(H,37,43)/t17-,22-,23-,24+,26-,27+,30-,31-,32-,33-/m0/s1. The minimum Gasteiger partial charge on any atom is -0.390 e. The number of fused-ring (bicyclic) bond motifs is 5. The molecule has 1 aromatic carbocycles. The molecule has 0 bridgehead atoms. The Morgan fingerprint density at radius 3 is 2.46 bits per heavy atom. The van der Waals surface area contributed by atoms with Crippen molar-refractivity contribution in [1.29, 1.82) is 0 Å². The molecule has 4 N–H and O–H groups in total. The molecule has 0 saturated heterocycles. The van der Waals surface area contributed by atoms with Gasteiger partial charge < -0.3 is 20.6 Å². The van der Waals surface area contributed by atoms with Crippen molar-refractivity contribution in [3.05, 3.63) is 63.7 Å². The van der Waals surface area contributed by atoms with Crippen molar-refractivity contribution in [2.75, 3.05) is 0 Å². The quantitative estimate of drug-likeness (QED) is 0.167. The number of nitro groups is 1. The second-order valence-corrected chi connectivity index (χ2v) is 14.9. The summed E-state index contributed by atoms with van der Waals surface area (Å²) < 4.78 is 17.5. The van der Waals surface area contributed by atoms with E-state index >= 15 is 4.39 Å². The topological polar surface area (TPSA) is 167 Å². The molecular weight excluding hydrogens is 642 g/mol. The molecule has 1 amide bonds. The molecule has 10 nitrogen and oxygen atoms in total. The first-order chi connectivity index (χ1) is 21.4. The predicted octanol–water partition coefficient (Wildman–Crippen LogP) is 4.61. The highest BCUT2D eigenvalue weighted by Crippen LogP contribution is 2.70. The van der Waals surface area contributed by atoms with E-state index < -0.39 is 79.6 Å². The van der Waals surface area contributed by atoms with Crippen LogP contribution in [0.15, 0.2) is 48.1 Å². The van der Waals surface area contributed by atoms with Gasteiger partial charge in [0.25, 0.3) is 11.6 Å².